The average molecular weight is 338 g/mol. The summed E-state index contributed by atoms with van der Waals surface area (Å²) < 4.78 is 7.60. The zero-order valence-electron chi connectivity index (χ0n) is 11.6. The van der Waals surface area contributed by atoms with Gasteiger partial charge >= 0.3 is 0 Å². The zero-order valence-corrected chi connectivity index (χ0v) is 13.2. The lowest BCUT2D eigenvalue weighted by atomic mass is 10.2. The number of carbonyl (C=O) groups excluding carboxylic acids is 1. The summed E-state index contributed by atoms with van der Waals surface area (Å²) in [5.41, 5.74) is 2.04. The molecule has 0 aliphatic carbocycles. The van der Waals surface area contributed by atoms with E-state index in [0.717, 1.165) is 10.2 Å². The first-order valence-electron chi connectivity index (χ1n) is 6.22. The number of nitrogens with one attached hydrogen (secondary N) is 1. The van der Waals surface area contributed by atoms with Gasteiger partial charge in [-0.2, -0.15) is 5.10 Å². The maximum absolute atomic E-state index is 12.3. The van der Waals surface area contributed by atoms with Gasteiger partial charge in [-0.15, -0.1) is 0 Å². The van der Waals surface area contributed by atoms with Gasteiger partial charge in [-0.05, 0) is 34.5 Å². The van der Waals surface area contributed by atoms with Gasteiger partial charge in [0.05, 0.1) is 24.1 Å². The molecular formula is C14H16BrN3O2. The van der Waals surface area contributed by atoms with Gasteiger partial charge in [-0.3, -0.25) is 9.48 Å². The molecule has 0 atom stereocenters. The molecule has 1 aromatic carbocycles. The second-order valence-electron chi connectivity index (χ2n) is 4.32. The summed E-state index contributed by atoms with van der Waals surface area (Å²) in [5.74, 6) is 0.509. The standard InChI is InChI=1S/C14H16BrN3O2/c1-4-12-10(8-18(2)17-12)14(19)16-13-7-9(20-3)5-6-11(13)15/h5-8H,4H2,1-3H3,(H,16,19). The van der Waals surface area contributed by atoms with Crippen LogP contribution in [0.25, 0.3) is 0 Å². The number of aromatic nitrogens is 2. The van der Waals surface area contributed by atoms with Gasteiger partial charge in [0.1, 0.15) is 5.75 Å². The first-order chi connectivity index (χ1) is 9.55. The maximum atomic E-state index is 12.3. The number of hydrogen-bond acceptors (Lipinski definition) is 3. The van der Waals surface area contributed by atoms with Gasteiger partial charge in [0.25, 0.3) is 5.91 Å². The number of nitrogens with zero attached hydrogens (tertiary/aromatic N) is 2. The smallest absolute Gasteiger partial charge is 0.259 e. The summed E-state index contributed by atoms with van der Waals surface area (Å²) >= 11 is 3.41. The lowest BCUT2D eigenvalue weighted by molar-refractivity contribution is 0.102. The highest BCUT2D eigenvalue weighted by Gasteiger charge is 2.15. The molecule has 0 spiro atoms. The third kappa shape index (κ3) is 3.01. The lowest BCUT2D eigenvalue weighted by Gasteiger charge is -2.09. The Balaban J connectivity index is 2.27. The first-order valence-corrected chi connectivity index (χ1v) is 7.01. The first kappa shape index (κ1) is 14.6. The molecule has 20 heavy (non-hydrogen) atoms. The number of anilines is 1. The predicted octanol–water partition coefficient (Wildman–Crippen LogP) is 3.01. The maximum Gasteiger partial charge on any atom is 0.259 e. The summed E-state index contributed by atoms with van der Waals surface area (Å²) in [6.07, 6.45) is 2.44. The number of ether oxygens (including phenoxy) is 1. The normalized spacial score (nSPS) is 10.4. The van der Waals surface area contributed by atoms with Crippen LogP contribution in [0, 0.1) is 0 Å². The average Bonchev–Trinajstić information content (AvgIpc) is 2.82. The van der Waals surface area contributed by atoms with Crippen molar-refractivity contribution in [3.63, 3.8) is 0 Å². The van der Waals surface area contributed by atoms with E-state index in [1.54, 1.807) is 31.1 Å². The number of carbonyl (C=O) groups is 1. The highest BCUT2D eigenvalue weighted by molar-refractivity contribution is 9.10. The molecule has 0 saturated carbocycles. The van der Waals surface area contributed by atoms with E-state index < -0.39 is 0 Å². The molecule has 1 amide bonds. The summed E-state index contributed by atoms with van der Waals surface area (Å²) in [5, 5.41) is 7.14. The van der Waals surface area contributed by atoms with Crippen molar-refractivity contribution < 1.29 is 9.53 Å². The van der Waals surface area contributed by atoms with Crippen LogP contribution in [0.2, 0.25) is 0 Å². The van der Waals surface area contributed by atoms with Crippen LogP contribution in [-0.2, 0) is 13.5 Å². The van der Waals surface area contributed by atoms with E-state index in [4.69, 9.17) is 4.74 Å². The van der Waals surface area contributed by atoms with Gasteiger partial charge in [-0.25, -0.2) is 0 Å². The molecule has 106 valence electrons. The molecule has 0 saturated heterocycles. The third-order valence-corrected chi connectivity index (χ3v) is 3.60. The molecule has 1 N–H and O–H groups in total. The SMILES string of the molecule is CCc1nn(C)cc1C(=O)Nc1cc(OC)ccc1Br. The molecule has 1 aromatic heterocycles. The van der Waals surface area contributed by atoms with Crippen molar-refractivity contribution in [1.29, 1.82) is 0 Å². The molecule has 5 nitrogen and oxygen atoms in total. The Bertz CT molecular complexity index is 637. The van der Waals surface area contributed by atoms with Crippen LogP contribution in [0.15, 0.2) is 28.9 Å². The van der Waals surface area contributed by atoms with Gasteiger partial charge in [0.2, 0.25) is 0 Å². The molecule has 0 aliphatic rings. The molecule has 2 rings (SSSR count). The van der Waals surface area contributed by atoms with Crippen molar-refractivity contribution in [2.45, 2.75) is 13.3 Å². The van der Waals surface area contributed by atoms with E-state index in [0.29, 0.717) is 23.4 Å². The molecule has 0 aliphatic heterocycles. The molecule has 0 radical (unpaired) electrons. The number of amides is 1. The van der Waals surface area contributed by atoms with E-state index in [9.17, 15) is 4.79 Å². The zero-order chi connectivity index (χ0) is 14.7. The van der Waals surface area contributed by atoms with Crippen LogP contribution in [0.3, 0.4) is 0 Å². The van der Waals surface area contributed by atoms with E-state index in [1.807, 2.05) is 19.1 Å². The molecule has 0 bridgehead atoms. The van der Waals surface area contributed by atoms with Crippen molar-refractivity contribution in [3.05, 3.63) is 40.1 Å². The van der Waals surface area contributed by atoms with E-state index in [2.05, 4.69) is 26.3 Å². The van der Waals surface area contributed by atoms with Gasteiger partial charge < -0.3 is 10.1 Å². The van der Waals surface area contributed by atoms with Crippen LogP contribution in [0.4, 0.5) is 5.69 Å². The van der Waals surface area contributed by atoms with E-state index in [-0.39, 0.29) is 5.91 Å². The molecular weight excluding hydrogens is 322 g/mol. The monoisotopic (exact) mass is 337 g/mol. The Morgan fingerprint density at radius 1 is 1.50 bits per heavy atom. The number of rotatable bonds is 4. The Labute approximate surface area is 126 Å². The molecule has 1 heterocycles. The topological polar surface area (TPSA) is 56.2 Å². The van der Waals surface area contributed by atoms with Crippen LogP contribution in [0.1, 0.15) is 23.0 Å². The fourth-order valence-corrected chi connectivity index (χ4v) is 2.25. The third-order valence-electron chi connectivity index (χ3n) is 2.91. The van der Waals surface area contributed by atoms with Crippen molar-refractivity contribution >= 4 is 27.5 Å². The minimum absolute atomic E-state index is 0.177. The number of halogens is 1. The second-order valence-corrected chi connectivity index (χ2v) is 5.17. The molecule has 0 fully saturated rings. The van der Waals surface area contributed by atoms with Crippen LogP contribution in [0.5, 0.6) is 5.75 Å². The predicted molar refractivity (Wildman–Crippen MR) is 81.2 cm³/mol. The second kappa shape index (κ2) is 6.09. The van der Waals surface area contributed by atoms with Crippen LogP contribution >= 0.6 is 15.9 Å². The fraction of sp³-hybridized carbons (Fsp3) is 0.286. The number of benzene rings is 1. The molecule has 2 aromatic rings. The molecule has 0 unspecified atom stereocenters. The van der Waals surface area contributed by atoms with Crippen molar-refractivity contribution in [1.82, 2.24) is 9.78 Å². The van der Waals surface area contributed by atoms with Crippen LogP contribution in [-0.4, -0.2) is 22.8 Å². The Morgan fingerprint density at radius 3 is 2.90 bits per heavy atom. The summed E-state index contributed by atoms with van der Waals surface area (Å²) in [4.78, 5) is 12.3. The summed E-state index contributed by atoms with van der Waals surface area (Å²) in [6.45, 7) is 1.97. The van der Waals surface area contributed by atoms with E-state index in [1.165, 1.54) is 0 Å². The number of aryl methyl sites for hydroxylation is 2. The largest absolute Gasteiger partial charge is 0.497 e. The number of hydrogen-bond donors (Lipinski definition) is 1. The minimum Gasteiger partial charge on any atom is -0.497 e. The summed E-state index contributed by atoms with van der Waals surface area (Å²) in [6, 6.07) is 5.42. The lowest BCUT2D eigenvalue weighted by Crippen LogP contribution is -2.13. The van der Waals surface area contributed by atoms with Gasteiger partial charge in [0.15, 0.2) is 0 Å². The quantitative estimate of drug-likeness (QED) is 0.932. The Hall–Kier alpha value is -1.82. The summed E-state index contributed by atoms with van der Waals surface area (Å²) in [7, 11) is 3.39. The van der Waals surface area contributed by atoms with Crippen LogP contribution < -0.4 is 10.1 Å². The van der Waals surface area contributed by atoms with Gasteiger partial charge in [-0.1, -0.05) is 6.92 Å². The minimum atomic E-state index is -0.177. The van der Waals surface area contributed by atoms with Crippen molar-refractivity contribution in [2.75, 3.05) is 12.4 Å². The highest BCUT2D eigenvalue weighted by atomic mass is 79.9. The van der Waals surface area contributed by atoms with Crippen molar-refractivity contribution in [2.24, 2.45) is 7.05 Å². The molecule has 6 heteroatoms. The Kier molecular flexibility index (Phi) is 4.44. The Morgan fingerprint density at radius 2 is 2.25 bits per heavy atom. The highest BCUT2D eigenvalue weighted by Crippen LogP contribution is 2.27. The fourth-order valence-electron chi connectivity index (χ4n) is 1.90. The number of methoxy groups -OCH3 is 1. The van der Waals surface area contributed by atoms with Crippen molar-refractivity contribution in [3.8, 4) is 5.75 Å². The van der Waals surface area contributed by atoms with E-state index >= 15 is 0 Å². The van der Waals surface area contributed by atoms with Gasteiger partial charge in [0, 0.05) is 23.8 Å².